The number of fused-ring (bicyclic) bond motifs is 1. The number of aromatic nitrogens is 1. The van der Waals surface area contributed by atoms with Gasteiger partial charge >= 0.3 is 0 Å². The molecule has 0 aliphatic heterocycles. The molecule has 1 amide bonds. The van der Waals surface area contributed by atoms with Crippen molar-refractivity contribution < 1.29 is 4.79 Å². The van der Waals surface area contributed by atoms with Crippen molar-refractivity contribution >= 4 is 44.2 Å². The van der Waals surface area contributed by atoms with Gasteiger partial charge in [0.25, 0.3) is 0 Å². The lowest BCUT2D eigenvalue weighted by Gasteiger charge is -2.24. The first-order chi connectivity index (χ1) is 17.1. The quantitative estimate of drug-likeness (QED) is 0.228. The predicted octanol–water partition coefficient (Wildman–Crippen LogP) is 8.01. The standard InChI is InChI=1S/C30H25ClN2OS/c1-21-26(31)17-18-27-29(21)32-30(35-27)33(20-22-11-5-2-6-12-22)28(34)19-25(23-13-7-3-8-14-23)24-15-9-4-10-16-24/h2-18,25H,19-20H2,1H3. The number of hydrogen-bond donors (Lipinski definition) is 0. The van der Waals surface area contributed by atoms with Crippen LogP contribution in [0.15, 0.2) is 103 Å². The molecule has 0 atom stereocenters. The highest BCUT2D eigenvalue weighted by Crippen LogP contribution is 2.36. The molecule has 1 aromatic heterocycles. The van der Waals surface area contributed by atoms with E-state index in [1.807, 2.05) is 90.7 Å². The minimum Gasteiger partial charge on any atom is -0.284 e. The Kier molecular flexibility index (Phi) is 6.94. The number of benzene rings is 4. The maximum atomic E-state index is 14.0. The van der Waals surface area contributed by atoms with E-state index in [-0.39, 0.29) is 11.8 Å². The van der Waals surface area contributed by atoms with Gasteiger partial charge in [0.2, 0.25) is 5.91 Å². The summed E-state index contributed by atoms with van der Waals surface area (Å²) in [7, 11) is 0. The molecule has 0 N–H and O–H groups in total. The molecular weight excluding hydrogens is 472 g/mol. The minimum absolute atomic E-state index is 0.0364. The second kappa shape index (κ2) is 10.4. The van der Waals surface area contributed by atoms with Gasteiger partial charge in [0, 0.05) is 17.4 Å². The van der Waals surface area contributed by atoms with Crippen molar-refractivity contribution in [1.29, 1.82) is 0 Å². The number of halogens is 1. The Labute approximate surface area is 214 Å². The zero-order valence-corrected chi connectivity index (χ0v) is 21.0. The van der Waals surface area contributed by atoms with Gasteiger partial charge in [0.05, 0.1) is 16.8 Å². The molecule has 0 radical (unpaired) electrons. The van der Waals surface area contributed by atoms with E-state index in [1.165, 1.54) is 11.3 Å². The predicted molar refractivity (Wildman–Crippen MR) is 146 cm³/mol. The largest absolute Gasteiger partial charge is 0.284 e. The van der Waals surface area contributed by atoms with Crippen LogP contribution >= 0.6 is 22.9 Å². The molecule has 3 nitrogen and oxygen atoms in total. The third-order valence-electron chi connectivity index (χ3n) is 6.23. The first-order valence-electron chi connectivity index (χ1n) is 11.6. The molecule has 0 saturated carbocycles. The van der Waals surface area contributed by atoms with E-state index in [4.69, 9.17) is 16.6 Å². The summed E-state index contributed by atoms with van der Waals surface area (Å²) >= 11 is 7.89. The molecule has 0 bridgehead atoms. The van der Waals surface area contributed by atoms with Crippen LogP contribution in [0.2, 0.25) is 5.02 Å². The average molecular weight is 497 g/mol. The highest BCUT2D eigenvalue weighted by atomic mass is 35.5. The Hall–Kier alpha value is -3.47. The van der Waals surface area contributed by atoms with E-state index in [0.717, 1.165) is 32.5 Å². The third-order valence-corrected chi connectivity index (χ3v) is 7.69. The van der Waals surface area contributed by atoms with Gasteiger partial charge in [-0.2, -0.15) is 0 Å². The molecule has 0 spiro atoms. The van der Waals surface area contributed by atoms with Gasteiger partial charge < -0.3 is 0 Å². The van der Waals surface area contributed by atoms with Crippen LogP contribution in [0.4, 0.5) is 5.13 Å². The van der Waals surface area contributed by atoms with Crippen LogP contribution in [0, 0.1) is 6.92 Å². The minimum atomic E-state index is -0.0475. The number of thiazole rings is 1. The highest BCUT2D eigenvalue weighted by molar-refractivity contribution is 7.22. The fourth-order valence-corrected chi connectivity index (χ4v) is 5.51. The van der Waals surface area contributed by atoms with Crippen molar-refractivity contribution in [2.75, 3.05) is 4.90 Å². The molecule has 0 unspecified atom stereocenters. The average Bonchev–Trinajstić information content (AvgIpc) is 3.34. The maximum absolute atomic E-state index is 14.0. The van der Waals surface area contributed by atoms with Gasteiger partial charge in [0.1, 0.15) is 0 Å². The van der Waals surface area contributed by atoms with Crippen molar-refractivity contribution in [2.45, 2.75) is 25.8 Å². The molecule has 0 saturated heterocycles. The number of carbonyl (C=O) groups excluding carboxylic acids is 1. The molecule has 35 heavy (non-hydrogen) atoms. The normalized spacial score (nSPS) is 11.2. The molecule has 0 fully saturated rings. The molecular formula is C30H25ClN2OS. The molecule has 5 heteroatoms. The summed E-state index contributed by atoms with van der Waals surface area (Å²) in [5.41, 5.74) is 5.10. The van der Waals surface area contributed by atoms with Gasteiger partial charge in [-0.3, -0.25) is 9.69 Å². The molecule has 0 aliphatic rings. The maximum Gasteiger partial charge on any atom is 0.230 e. The molecule has 5 aromatic rings. The fraction of sp³-hybridized carbons (Fsp3) is 0.133. The summed E-state index contributed by atoms with van der Waals surface area (Å²) < 4.78 is 1.02. The molecule has 174 valence electrons. The van der Waals surface area contributed by atoms with Crippen LogP contribution in [0.1, 0.15) is 34.6 Å². The van der Waals surface area contributed by atoms with Gasteiger partial charge in [-0.05, 0) is 41.3 Å². The number of nitrogens with zero attached hydrogens (tertiary/aromatic N) is 2. The molecule has 0 aliphatic carbocycles. The first-order valence-corrected chi connectivity index (χ1v) is 12.8. The van der Waals surface area contributed by atoms with Crippen molar-refractivity contribution in [2.24, 2.45) is 0 Å². The van der Waals surface area contributed by atoms with Crippen LogP contribution in [0.25, 0.3) is 10.2 Å². The zero-order valence-electron chi connectivity index (χ0n) is 19.4. The van der Waals surface area contributed by atoms with E-state index in [1.54, 1.807) is 0 Å². The van der Waals surface area contributed by atoms with Crippen LogP contribution < -0.4 is 4.90 Å². The Balaban J connectivity index is 1.54. The van der Waals surface area contributed by atoms with Crippen LogP contribution in [0.5, 0.6) is 0 Å². The van der Waals surface area contributed by atoms with Crippen LogP contribution in [-0.4, -0.2) is 10.9 Å². The number of anilines is 1. The number of aryl methyl sites for hydroxylation is 1. The summed E-state index contributed by atoms with van der Waals surface area (Å²) in [4.78, 5) is 20.7. The Morgan fingerprint density at radius 2 is 1.43 bits per heavy atom. The van der Waals surface area contributed by atoms with Gasteiger partial charge in [-0.25, -0.2) is 4.98 Å². The smallest absolute Gasteiger partial charge is 0.230 e. The third kappa shape index (κ3) is 5.14. The lowest BCUT2D eigenvalue weighted by atomic mass is 9.88. The van der Waals surface area contributed by atoms with Gasteiger partial charge in [-0.15, -0.1) is 0 Å². The van der Waals surface area contributed by atoms with Crippen molar-refractivity contribution in [3.63, 3.8) is 0 Å². The SMILES string of the molecule is Cc1c(Cl)ccc2sc(N(Cc3ccccc3)C(=O)CC(c3ccccc3)c3ccccc3)nc12. The van der Waals surface area contributed by atoms with Crippen molar-refractivity contribution in [3.8, 4) is 0 Å². The van der Waals surface area contributed by atoms with E-state index >= 15 is 0 Å². The number of amides is 1. The monoisotopic (exact) mass is 496 g/mol. The fourth-order valence-electron chi connectivity index (χ4n) is 4.32. The highest BCUT2D eigenvalue weighted by Gasteiger charge is 2.26. The number of rotatable bonds is 7. The summed E-state index contributed by atoms with van der Waals surface area (Å²) in [6.07, 6.45) is 0.344. The lowest BCUT2D eigenvalue weighted by Crippen LogP contribution is -2.31. The van der Waals surface area contributed by atoms with E-state index < -0.39 is 0 Å². The van der Waals surface area contributed by atoms with Crippen LogP contribution in [-0.2, 0) is 11.3 Å². The van der Waals surface area contributed by atoms with E-state index in [9.17, 15) is 4.79 Å². The second-order valence-electron chi connectivity index (χ2n) is 8.56. The number of carbonyl (C=O) groups is 1. The number of hydrogen-bond acceptors (Lipinski definition) is 3. The van der Waals surface area contributed by atoms with Crippen molar-refractivity contribution in [1.82, 2.24) is 4.98 Å². The second-order valence-corrected chi connectivity index (χ2v) is 9.98. The molecule has 1 heterocycles. The van der Waals surface area contributed by atoms with Crippen LogP contribution in [0.3, 0.4) is 0 Å². The van der Waals surface area contributed by atoms with Gasteiger partial charge in [0.15, 0.2) is 5.13 Å². The van der Waals surface area contributed by atoms with Crippen molar-refractivity contribution in [3.05, 3.63) is 130 Å². The summed E-state index contributed by atoms with van der Waals surface area (Å²) in [5.74, 6) is -0.0110. The lowest BCUT2D eigenvalue weighted by molar-refractivity contribution is -0.119. The topological polar surface area (TPSA) is 33.2 Å². The zero-order chi connectivity index (χ0) is 24.2. The van der Waals surface area contributed by atoms with E-state index in [0.29, 0.717) is 23.1 Å². The summed E-state index contributed by atoms with van der Waals surface area (Å²) in [6.45, 7) is 2.43. The summed E-state index contributed by atoms with van der Waals surface area (Å²) in [6, 6.07) is 34.4. The molecule has 5 rings (SSSR count). The Morgan fingerprint density at radius 1 is 0.857 bits per heavy atom. The summed E-state index contributed by atoms with van der Waals surface area (Å²) in [5, 5.41) is 1.38. The Morgan fingerprint density at radius 3 is 2.03 bits per heavy atom. The van der Waals surface area contributed by atoms with E-state index in [2.05, 4.69) is 24.3 Å². The Bertz CT molecular complexity index is 1400. The first kappa shape index (κ1) is 23.3. The molecule has 4 aromatic carbocycles. The van der Waals surface area contributed by atoms with Gasteiger partial charge in [-0.1, -0.05) is 114 Å².